The second kappa shape index (κ2) is 6.67. The molecule has 0 atom stereocenters. The normalized spacial score (nSPS) is 10.4. The Labute approximate surface area is 127 Å². The summed E-state index contributed by atoms with van der Waals surface area (Å²) in [4.78, 5) is 10.7. The highest BCUT2D eigenvalue weighted by atomic mass is 79.9. The first-order valence-electron chi connectivity index (χ1n) is 6.19. The number of hydrogen-bond acceptors (Lipinski definition) is 5. The second-order valence-corrected chi connectivity index (χ2v) is 5.09. The molecule has 1 aromatic heterocycles. The first-order valence-corrected chi connectivity index (χ1v) is 6.98. The number of anilines is 2. The molecule has 1 heterocycles. The largest absolute Gasteiger partial charge is 0.496 e. The molecule has 2 aromatic rings. The Kier molecular flexibility index (Phi) is 4.92. The third-order valence-corrected chi connectivity index (χ3v) is 3.51. The molecule has 20 heavy (non-hydrogen) atoms. The van der Waals surface area contributed by atoms with Crippen molar-refractivity contribution in [2.24, 2.45) is 0 Å². The lowest BCUT2D eigenvalue weighted by molar-refractivity contribution is 0.412. The van der Waals surface area contributed by atoms with Gasteiger partial charge in [0.1, 0.15) is 17.4 Å². The van der Waals surface area contributed by atoms with Crippen molar-refractivity contribution in [3.63, 3.8) is 0 Å². The molecular weight excluding hydrogens is 320 g/mol. The average molecular weight is 337 g/mol. The van der Waals surface area contributed by atoms with Crippen molar-refractivity contribution in [1.29, 1.82) is 0 Å². The van der Waals surface area contributed by atoms with Crippen LogP contribution in [0.5, 0.6) is 5.75 Å². The zero-order valence-corrected chi connectivity index (χ0v) is 13.3. The molecule has 0 saturated carbocycles. The smallest absolute Gasteiger partial charge is 0.144 e. The third-order valence-electron chi connectivity index (χ3n) is 2.89. The Morgan fingerprint density at radius 2 is 2.15 bits per heavy atom. The minimum atomic E-state index is 0.647. The molecule has 0 amide bonds. The molecule has 0 radical (unpaired) electrons. The highest BCUT2D eigenvalue weighted by Gasteiger charge is 2.09. The summed E-state index contributed by atoms with van der Waals surface area (Å²) in [6.45, 7) is 0.647. The minimum Gasteiger partial charge on any atom is -0.496 e. The van der Waals surface area contributed by atoms with Crippen LogP contribution in [0.25, 0.3) is 0 Å². The number of nitrogens with one attached hydrogen (secondary N) is 1. The summed E-state index contributed by atoms with van der Waals surface area (Å²) in [5.74, 6) is 2.42. The van der Waals surface area contributed by atoms with E-state index in [0.29, 0.717) is 6.54 Å². The van der Waals surface area contributed by atoms with E-state index in [2.05, 4.69) is 31.2 Å². The Hall–Kier alpha value is -1.66. The highest BCUT2D eigenvalue weighted by molar-refractivity contribution is 9.10. The maximum atomic E-state index is 5.24. The fraction of sp³-hybridized carbons (Fsp3) is 0.286. The van der Waals surface area contributed by atoms with E-state index in [1.54, 1.807) is 13.3 Å². The van der Waals surface area contributed by atoms with Crippen molar-refractivity contribution in [2.75, 3.05) is 26.1 Å². The number of rotatable bonds is 5. The first-order chi connectivity index (χ1) is 9.65. The highest BCUT2D eigenvalue weighted by Crippen LogP contribution is 2.31. The van der Waals surface area contributed by atoms with Crippen molar-refractivity contribution in [3.05, 3.63) is 40.8 Å². The van der Waals surface area contributed by atoms with Gasteiger partial charge in [-0.15, -0.1) is 0 Å². The fourth-order valence-electron chi connectivity index (χ4n) is 1.81. The number of methoxy groups -OCH3 is 1. The number of benzene rings is 1. The van der Waals surface area contributed by atoms with Gasteiger partial charge in [-0.1, -0.05) is 0 Å². The predicted octanol–water partition coefficient (Wildman–Crippen LogP) is 2.74. The number of aromatic nitrogens is 2. The molecule has 0 saturated heterocycles. The van der Waals surface area contributed by atoms with E-state index in [4.69, 9.17) is 4.74 Å². The molecule has 1 aromatic carbocycles. The summed E-state index contributed by atoms with van der Waals surface area (Å²) in [6, 6.07) is 7.80. The quantitative estimate of drug-likeness (QED) is 0.909. The van der Waals surface area contributed by atoms with E-state index < -0.39 is 0 Å². The maximum absolute atomic E-state index is 5.24. The van der Waals surface area contributed by atoms with Crippen LogP contribution in [0.2, 0.25) is 0 Å². The molecule has 0 aliphatic rings. The molecule has 0 fully saturated rings. The van der Waals surface area contributed by atoms with Crippen molar-refractivity contribution in [1.82, 2.24) is 15.3 Å². The lowest BCUT2D eigenvalue weighted by Gasteiger charge is -2.19. The van der Waals surface area contributed by atoms with E-state index in [9.17, 15) is 0 Å². The van der Waals surface area contributed by atoms with Crippen LogP contribution < -0.4 is 15.0 Å². The average Bonchev–Trinajstić information content (AvgIpc) is 2.47. The van der Waals surface area contributed by atoms with Gasteiger partial charge in [0, 0.05) is 18.9 Å². The Morgan fingerprint density at radius 1 is 1.35 bits per heavy atom. The first kappa shape index (κ1) is 14.7. The van der Waals surface area contributed by atoms with Gasteiger partial charge in [-0.25, -0.2) is 9.97 Å². The molecule has 0 aliphatic carbocycles. The molecule has 106 valence electrons. The predicted molar refractivity (Wildman–Crippen MR) is 83.6 cm³/mol. The van der Waals surface area contributed by atoms with Crippen molar-refractivity contribution in [2.45, 2.75) is 6.54 Å². The van der Waals surface area contributed by atoms with Gasteiger partial charge >= 0.3 is 0 Å². The van der Waals surface area contributed by atoms with Crippen molar-refractivity contribution >= 4 is 27.4 Å². The number of hydrogen-bond donors (Lipinski definition) is 1. The van der Waals surface area contributed by atoms with Crippen LogP contribution in [0.3, 0.4) is 0 Å². The van der Waals surface area contributed by atoms with Crippen LogP contribution in [-0.2, 0) is 6.54 Å². The number of nitrogens with zero attached hydrogens (tertiary/aromatic N) is 3. The van der Waals surface area contributed by atoms with Gasteiger partial charge in [0.05, 0.1) is 18.1 Å². The molecule has 0 aliphatic heterocycles. The maximum Gasteiger partial charge on any atom is 0.144 e. The van der Waals surface area contributed by atoms with Gasteiger partial charge in [-0.05, 0) is 47.2 Å². The van der Waals surface area contributed by atoms with Crippen LogP contribution in [0.4, 0.5) is 11.5 Å². The monoisotopic (exact) mass is 336 g/mol. The van der Waals surface area contributed by atoms with Gasteiger partial charge in [0.2, 0.25) is 0 Å². The van der Waals surface area contributed by atoms with Crippen molar-refractivity contribution in [3.8, 4) is 5.75 Å². The standard InChI is InChI=1S/C14H17BrN4O/c1-16-9-13-17-7-6-14(18-13)19(2)10-4-5-12(20-3)11(15)8-10/h4-8,16H,9H2,1-3H3. The number of ether oxygens (including phenoxy) is 1. The van der Waals surface area contributed by atoms with Gasteiger partial charge in [0.25, 0.3) is 0 Å². The summed E-state index contributed by atoms with van der Waals surface area (Å²) in [7, 11) is 5.50. The van der Waals surface area contributed by atoms with E-state index in [-0.39, 0.29) is 0 Å². The van der Waals surface area contributed by atoms with Crippen LogP contribution in [0.15, 0.2) is 34.9 Å². The molecule has 0 spiro atoms. The lowest BCUT2D eigenvalue weighted by atomic mass is 10.3. The van der Waals surface area contributed by atoms with E-state index in [0.717, 1.165) is 27.6 Å². The summed E-state index contributed by atoms with van der Waals surface area (Å²) in [5, 5.41) is 3.05. The van der Waals surface area contributed by atoms with Crippen LogP contribution in [0, 0.1) is 0 Å². The van der Waals surface area contributed by atoms with Gasteiger partial charge in [-0.3, -0.25) is 0 Å². The Balaban J connectivity index is 2.28. The SMILES string of the molecule is CNCc1nccc(N(C)c2ccc(OC)c(Br)c2)n1. The molecule has 6 heteroatoms. The van der Waals surface area contributed by atoms with E-state index >= 15 is 0 Å². The van der Waals surface area contributed by atoms with Gasteiger partial charge < -0.3 is 15.0 Å². The number of halogens is 1. The van der Waals surface area contributed by atoms with E-state index in [1.165, 1.54) is 0 Å². The van der Waals surface area contributed by atoms with Crippen LogP contribution in [-0.4, -0.2) is 31.2 Å². The summed E-state index contributed by atoms with van der Waals surface area (Å²) >= 11 is 3.49. The second-order valence-electron chi connectivity index (χ2n) is 4.24. The molecule has 0 unspecified atom stereocenters. The minimum absolute atomic E-state index is 0.647. The van der Waals surface area contributed by atoms with Crippen molar-refractivity contribution < 1.29 is 4.74 Å². The topological polar surface area (TPSA) is 50.3 Å². The van der Waals surface area contributed by atoms with Gasteiger partial charge in [-0.2, -0.15) is 0 Å². The Morgan fingerprint density at radius 3 is 2.80 bits per heavy atom. The molecule has 0 bridgehead atoms. The Bertz CT molecular complexity index is 591. The summed E-state index contributed by atoms with van der Waals surface area (Å²) < 4.78 is 6.15. The molecule has 5 nitrogen and oxygen atoms in total. The zero-order valence-electron chi connectivity index (χ0n) is 11.7. The zero-order chi connectivity index (χ0) is 14.5. The third kappa shape index (κ3) is 3.26. The molecule has 1 N–H and O–H groups in total. The van der Waals surface area contributed by atoms with Crippen LogP contribution >= 0.6 is 15.9 Å². The summed E-state index contributed by atoms with van der Waals surface area (Å²) in [5.41, 5.74) is 1.02. The summed E-state index contributed by atoms with van der Waals surface area (Å²) in [6.07, 6.45) is 1.77. The fourth-order valence-corrected chi connectivity index (χ4v) is 2.34. The lowest BCUT2D eigenvalue weighted by Crippen LogP contribution is -2.15. The van der Waals surface area contributed by atoms with Gasteiger partial charge in [0.15, 0.2) is 0 Å². The van der Waals surface area contributed by atoms with Crippen LogP contribution in [0.1, 0.15) is 5.82 Å². The molecule has 2 rings (SSSR count). The van der Waals surface area contributed by atoms with E-state index in [1.807, 2.05) is 43.3 Å². The molecular formula is C14H17BrN4O.